The van der Waals surface area contributed by atoms with E-state index in [9.17, 15) is 4.79 Å². The molecule has 0 saturated heterocycles. The number of carbonyl (C=O) groups is 1. The Balaban J connectivity index is 1.65. The van der Waals surface area contributed by atoms with Crippen molar-refractivity contribution in [2.24, 2.45) is 0 Å². The number of urea groups is 1. The van der Waals surface area contributed by atoms with Crippen molar-refractivity contribution in [3.05, 3.63) is 66.2 Å². The van der Waals surface area contributed by atoms with E-state index in [1.165, 1.54) is 76.2 Å². The SMILES string of the molecule is CCCCCCCCCCCCCCN(Cc1ccccc1)C(=O)Nc1ccccc1. The van der Waals surface area contributed by atoms with Crippen LogP contribution in [0.1, 0.15) is 89.5 Å². The van der Waals surface area contributed by atoms with Gasteiger partial charge in [0.25, 0.3) is 0 Å². The van der Waals surface area contributed by atoms with Gasteiger partial charge in [-0.25, -0.2) is 4.79 Å². The molecule has 3 nitrogen and oxygen atoms in total. The first-order chi connectivity index (χ1) is 15.3. The Morgan fingerprint density at radius 3 is 1.71 bits per heavy atom. The molecule has 1 N–H and O–H groups in total. The van der Waals surface area contributed by atoms with Crippen molar-refractivity contribution in [3.63, 3.8) is 0 Å². The zero-order chi connectivity index (χ0) is 22.0. The van der Waals surface area contributed by atoms with Gasteiger partial charge in [0, 0.05) is 18.8 Å². The predicted octanol–water partition coefficient (Wildman–Crippen LogP) is 8.42. The van der Waals surface area contributed by atoms with Crippen LogP contribution in [0.5, 0.6) is 0 Å². The molecule has 2 aromatic rings. The Bertz CT molecular complexity index is 687. The molecule has 2 amide bonds. The van der Waals surface area contributed by atoms with E-state index in [4.69, 9.17) is 0 Å². The summed E-state index contributed by atoms with van der Waals surface area (Å²) < 4.78 is 0. The highest BCUT2D eigenvalue weighted by atomic mass is 16.2. The van der Waals surface area contributed by atoms with Crippen LogP contribution in [0.15, 0.2) is 60.7 Å². The molecule has 0 aliphatic heterocycles. The monoisotopic (exact) mass is 422 g/mol. The minimum absolute atomic E-state index is 0.0156. The number of anilines is 1. The standard InChI is InChI=1S/C28H42N2O/c1-2-3-4-5-6-7-8-9-10-11-12-19-24-30(25-26-20-15-13-16-21-26)28(31)29-27-22-17-14-18-23-27/h13-18,20-23H,2-12,19,24-25H2,1H3,(H,29,31). The zero-order valence-corrected chi connectivity index (χ0v) is 19.5. The number of rotatable bonds is 16. The molecule has 170 valence electrons. The second-order valence-corrected chi connectivity index (χ2v) is 8.59. The fourth-order valence-electron chi connectivity index (χ4n) is 3.92. The number of unbranched alkanes of at least 4 members (excludes halogenated alkanes) is 11. The van der Waals surface area contributed by atoms with Crippen LogP contribution in [0.3, 0.4) is 0 Å². The number of nitrogens with zero attached hydrogens (tertiary/aromatic N) is 1. The van der Waals surface area contributed by atoms with Crippen molar-refractivity contribution in [3.8, 4) is 0 Å². The number of nitrogens with one attached hydrogen (secondary N) is 1. The van der Waals surface area contributed by atoms with E-state index in [1.54, 1.807) is 0 Å². The van der Waals surface area contributed by atoms with E-state index in [1.807, 2.05) is 53.4 Å². The number of hydrogen-bond donors (Lipinski definition) is 1. The van der Waals surface area contributed by atoms with Crippen molar-refractivity contribution in [1.82, 2.24) is 4.90 Å². The topological polar surface area (TPSA) is 32.3 Å². The number of para-hydroxylation sites is 1. The number of carbonyl (C=O) groups excluding carboxylic acids is 1. The Morgan fingerprint density at radius 1 is 0.677 bits per heavy atom. The zero-order valence-electron chi connectivity index (χ0n) is 19.5. The summed E-state index contributed by atoms with van der Waals surface area (Å²) in [4.78, 5) is 14.8. The normalized spacial score (nSPS) is 10.7. The molecule has 2 rings (SSSR count). The third-order valence-electron chi connectivity index (χ3n) is 5.81. The molecule has 3 heteroatoms. The van der Waals surface area contributed by atoms with Gasteiger partial charge in [-0.1, -0.05) is 126 Å². The minimum Gasteiger partial charge on any atom is -0.320 e. The van der Waals surface area contributed by atoms with E-state index >= 15 is 0 Å². The lowest BCUT2D eigenvalue weighted by Crippen LogP contribution is -2.35. The molecule has 0 aliphatic carbocycles. The average Bonchev–Trinajstić information content (AvgIpc) is 2.80. The van der Waals surface area contributed by atoms with Gasteiger partial charge >= 0.3 is 6.03 Å². The molecule has 0 heterocycles. The van der Waals surface area contributed by atoms with E-state index < -0.39 is 0 Å². The van der Waals surface area contributed by atoms with E-state index in [2.05, 4.69) is 24.4 Å². The molecule has 0 bridgehead atoms. The van der Waals surface area contributed by atoms with Crippen molar-refractivity contribution in [1.29, 1.82) is 0 Å². The first kappa shape index (κ1) is 25.0. The predicted molar refractivity (Wildman–Crippen MR) is 133 cm³/mol. The summed E-state index contributed by atoms with van der Waals surface area (Å²) in [5.74, 6) is 0. The summed E-state index contributed by atoms with van der Waals surface area (Å²) in [6, 6.07) is 20.0. The van der Waals surface area contributed by atoms with Gasteiger partial charge < -0.3 is 10.2 Å². The first-order valence-corrected chi connectivity index (χ1v) is 12.4. The van der Waals surface area contributed by atoms with Gasteiger partial charge in [0.1, 0.15) is 0 Å². The molecular weight excluding hydrogens is 380 g/mol. The number of amides is 2. The van der Waals surface area contributed by atoms with Crippen LogP contribution >= 0.6 is 0 Å². The smallest absolute Gasteiger partial charge is 0.320 e. The summed E-state index contributed by atoms with van der Waals surface area (Å²) in [6.45, 7) is 3.72. The lowest BCUT2D eigenvalue weighted by atomic mass is 10.1. The lowest BCUT2D eigenvalue weighted by Gasteiger charge is -2.23. The molecule has 2 aromatic carbocycles. The molecule has 0 aromatic heterocycles. The summed E-state index contributed by atoms with van der Waals surface area (Å²) in [7, 11) is 0. The molecule has 0 saturated carbocycles. The molecule has 0 atom stereocenters. The van der Waals surface area contributed by atoms with E-state index in [0.29, 0.717) is 6.54 Å². The van der Waals surface area contributed by atoms with Crippen LogP contribution in [-0.2, 0) is 6.54 Å². The molecule has 0 spiro atoms. The third-order valence-corrected chi connectivity index (χ3v) is 5.81. The highest BCUT2D eigenvalue weighted by molar-refractivity contribution is 5.89. The van der Waals surface area contributed by atoms with Crippen LogP contribution in [0.25, 0.3) is 0 Å². The van der Waals surface area contributed by atoms with Crippen LogP contribution in [0, 0.1) is 0 Å². The highest BCUT2D eigenvalue weighted by Gasteiger charge is 2.14. The van der Waals surface area contributed by atoms with Crippen LogP contribution in [-0.4, -0.2) is 17.5 Å². The lowest BCUT2D eigenvalue weighted by molar-refractivity contribution is 0.207. The third kappa shape index (κ3) is 11.6. The van der Waals surface area contributed by atoms with Gasteiger partial charge in [-0.2, -0.15) is 0 Å². The van der Waals surface area contributed by atoms with Gasteiger partial charge in [-0.15, -0.1) is 0 Å². The maximum atomic E-state index is 12.9. The first-order valence-electron chi connectivity index (χ1n) is 12.4. The summed E-state index contributed by atoms with van der Waals surface area (Å²) >= 11 is 0. The Hall–Kier alpha value is -2.29. The average molecular weight is 423 g/mol. The molecule has 0 aliphatic rings. The summed E-state index contributed by atoms with van der Waals surface area (Å²) in [5, 5.41) is 3.04. The van der Waals surface area contributed by atoms with E-state index in [0.717, 1.165) is 18.7 Å². The van der Waals surface area contributed by atoms with Crippen LogP contribution < -0.4 is 5.32 Å². The van der Waals surface area contributed by atoms with Gasteiger partial charge in [-0.3, -0.25) is 0 Å². The quantitative estimate of drug-likeness (QED) is 0.270. The highest BCUT2D eigenvalue weighted by Crippen LogP contribution is 2.14. The Kier molecular flexibility index (Phi) is 13.2. The van der Waals surface area contributed by atoms with Gasteiger partial charge in [-0.05, 0) is 24.1 Å². The maximum absolute atomic E-state index is 12.9. The van der Waals surface area contributed by atoms with Crippen molar-refractivity contribution < 1.29 is 4.79 Å². The summed E-state index contributed by atoms with van der Waals surface area (Å²) in [5.41, 5.74) is 2.02. The number of hydrogen-bond acceptors (Lipinski definition) is 1. The Labute approximate surface area is 190 Å². The molecular formula is C28H42N2O. The second-order valence-electron chi connectivity index (χ2n) is 8.59. The molecule has 0 unspecified atom stereocenters. The second kappa shape index (κ2) is 16.4. The molecule has 0 fully saturated rings. The van der Waals surface area contributed by atoms with Gasteiger partial charge in [0.15, 0.2) is 0 Å². The van der Waals surface area contributed by atoms with Crippen LogP contribution in [0.2, 0.25) is 0 Å². The van der Waals surface area contributed by atoms with Crippen molar-refractivity contribution >= 4 is 11.7 Å². The van der Waals surface area contributed by atoms with Crippen LogP contribution in [0.4, 0.5) is 10.5 Å². The molecule has 0 radical (unpaired) electrons. The largest absolute Gasteiger partial charge is 0.322 e. The molecule has 31 heavy (non-hydrogen) atoms. The van der Waals surface area contributed by atoms with Gasteiger partial charge in [0.2, 0.25) is 0 Å². The fourth-order valence-corrected chi connectivity index (χ4v) is 3.92. The minimum atomic E-state index is -0.0156. The summed E-state index contributed by atoms with van der Waals surface area (Å²) in [6.07, 6.45) is 15.9. The fraction of sp³-hybridized carbons (Fsp3) is 0.536. The number of benzene rings is 2. The Morgan fingerprint density at radius 2 is 1.16 bits per heavy atom. The van der Waals surface area contributed by atoms with Crippen molar-refractivity contribution in [2.45, 2.75) is 90.5 Å². The van der Waals surface area contributed by atoms with Crippen molar-refractivity contribution in [2.75, 3.05) is 11.9 Å². The maximum Gasteiger partial charge on any atom is 0.322 e. The van der Waals surface area contributed by atoms with E-state index in [-0.39, 0.29) is 6.03 Å². The van der Waals surface area contributed by atoms with Gasteiger partial charge in [0.05, 0.1) is 0 Å².